The van der Waals surface area contributed by atoms with Crippen molar-refractivity contribution < 1.29 is 14.6 Å². The average Bonchev–Trinajstić information content (AvgIpc) is 3.28. The summed E-state index contributed by atoms with van der Waals surface area (Å²) < 4.78 is 6.28. The zero-order chi connectivity index (χ0) is 18.0. The van der Waals surface area contributed by atoms with Crippen LogP contribution < -0.4 is 5.73 Å². The molecule has 0 saturated heterocycles. The maximum absolute atomic E-state index is 12.1. The summed E-state index contributed by atoms with van der Waals surface area (Å²) in [4.78, 5) is 12.9. The second kappa shape index (κ2) is 6.81. The summed E-state index contributed by atoms with van der Waals surface area (Å²) in [5, 5.41) is 21.6. The molecule has 0 fully saturated rings. The van der Waals surface area contributed by atoms with Crippen molar-refractivity contribution in [3.63, 3.8) is 0 Å². The molecular weight excluding hydrogens is 338 g/mol. The molecule has 1 unspecified atom stereocenters. The molecule has 3 aromatic rings. The number of aliphatic hydroxyl groups is 1. The lowest BCUT2D eigenvalue weighted by atomic mass is 10.1. The van der Waals surface area contributed by atoms with Crippen LogP contribution in [0.1, 0.15) is 32.6 Å². The number of hydrogen-bond donors (Lipinski definition) is 2. The van der Waals surface area contributed by atoms with Crippen LogP contribution in [0.2, 0.25) is 0 Å². The molecule has 0 aliphatic rings. The number of nitrogens with zero attached hydrogens (tertiary/aromatic N) is 2. The Labute approximate surface area is 148 Å². The summed E-state index contributed by atoms with van der Waals surface area (Å²) in [7, 11) is 1.25. The Morgan fingerprint density at radius 3 is 2.84 bits per heavy atom. The Bertz CT molecular complexity index is 955. The number of benzene rings is 1. The van der Waals surface area contributed by atoms with Crippen molar-refractivity contribution in [1.82, 2.24) is 4.57 Å². The zero-order valence-corrected chi connectivity index (χ0v) is 14.2. The minimum absolute atomic E-state index is 0.0681. The lowest BCUT2D eigenvalue weighted by Crippen LogP contribution is -2.11. The van der Waals surface area contributed by atoms with E-state index in [-0.39, 0.29) is 16.9 Å². The zero-order valence-electron chi connectivity index (χ0n) is 13.3. The predicted octanol–water partition coefficient (Wildman–Crippen LogP) is 2.86. The van der Waals surface area contributed by atoms with E-state index in [1.165, 1.54) is 29.2 Å². The van der Waals surface area contributed by atoms with E-state index in [4.69, 9.17) is 10.5 Å². The first-order valence-electron chi connectivity index (χ1n) is 7.37. The van der Waals surface area contributed by atoms with Gasteiger partial charge in [-0.1, -0.05) is 18.2 Å². The smallest absolute Gasteiger partial charge is 0.357 e. The maximum atomic E-state index is 12.1. The Balaban J connectivity index is 2.10. The molecule has 7 heteroatoms. The fourth-order valence-electron chi connectivity index (χ4n) is 2.57. The number of nitrogens with two attached hydrogens (primary N) is 1. The van der Waals surface area contributed by atoms with Gasteiger partial charge in [0.05, 0.1) is 18.4 Å². The summed E-state index contributed by atoms with van der Waals surface area (Å²) in [6.07, 6.45) is 0.711. The van der Waals surface area contributed by atoms with Gasteiger partial charge in [0.25, 0.3) is 0 Å². The number of nitriles is 1. The van der Waals surface area contributed by atoms with E-state index in [1.807, 2.05) is 23.6 Å². The normalized spacial score (nSPS) is 11.7. The third kappa shape index (κ3) is 3.01. The number of rotatable bonds is 4. The first-order valence-corrected chi connectivity index (χ1v) is 8.25. The number of hydrogen-bond acceptors (Lipinski definition) is 6. The number of aromatic nitrogens is 1. The standard InChI is InChI=1S/C18H15N3O3S/c1-24-18(23)16-15(20)12(9-19)10-21(16)13-5-2-4-11(8-13)17(22)14-6-3-7-25-14/h2-8,10,17,22H,20H2,1H3. The van der Waals surface area contributed by atoms with Crippen LogP contribution in [-0.4, -0.2) is 22.8 Å². The molecule has 126 valence electrons. The number of methoxy groups -OCH3 is 1. The van der Waals surface area contributed by atoms with Crippen molar-refractivity contribution in [2.75, 3.05) is 12.8 Å². The minimum Gasteiger partial charge on any atom is -0.464 e. The summed E-state index contributed by atoms with van der Waals surface area (Å²) in [5.41, 5.74) is 7.52. The molecule has 2 heterocycles. The fraction of sp³-hybridized carbons (Fsp3) is 0.111. The Morgan fingerprint density at radius 2 is 2.20 bits per heavy atom. The monoisotopic (exact) mass is 353 g/mol. The average molecular weight is 353 g/mol. The highest BCUT2D eigenvalue weighted by atomic mass is 32.1. The predicted molar refractivity (Wildman–Crippen MR) is 94.6 cm³/mol. The summed E-state index contributed by atoms with van der Waals surface area (Å²) in [6.45, 7) is 0. The number of nitrogen functional groups attached to an aromatic ring is 1. The lowest BCUT2D eigenvalue weighted by Gasteiger charge is -2.13. The summed E-state index contributed by atoms with van der Waals surface area (Å²) in [5.74, 6) is -0.636. The Hall–Kier alpha value is -3.08. The highest BCUT2D eigenvalue weighted by Gasteiger charge is 2.22. The first kappa shape index (κ1) is 16.8. The number of thiophene rings is 1. The minimum atomic E-state index is -0.773. The topological polar surface area (TPSA) is 101 Å². The molecule has 6 nitrogen and oxygen atoms in total. The van der Waals surface area contributed by atoms with E-state index in [9.17, 15) is 15.2 Å². The number of ether oxygens (including phenoxy) is 1. The van der Waals surface area contributed by atoms with E-state index in [0.717, 1.165) is 4.88 Å². The SMILES string of the molecule is COC(=O)c1c(N)c(C#N)cn1-c1cccc(C(O)c2cccs2)c1. The van der Waals surface area contributed by atoms with Crippen molar-refractivity contribution in [1.29, 1.82) is 5.26 Å². The van der Waals surface area contributed by atoms with E-state index in [0.29, 0.717) is 11.3 Å². The van der Waals surface area contributed by atoms with Crippen LogP contribution in [0.3, 0.4) is 0 Å². The van der Waals surface area contributed by atoms with Gasteiger partial charge in [-0.25, -0.2) is 4.79 Å². The maximum Gasteiger partial charge on any atom is 0.357 e. The van der Waals surface area contributed by atoms with Crippen LogP contribution in [0.4, 0.5) is 5.69 Å². The van der Waals surface area contributed by atoms with E-state index in [2.05, 4.69) is 0 Å². The van der Waals surface area contributed by atoms with Gasteiger partial charge in [0.2, 0.25) is 0 Å². The molecule has 3 N–H and O–H groups in total. The van der Waals surface area contributed by atoms with Gasteiger partial charge in [-0.3, -0.25) is 0 Å². The highest BCUT2D eigenvalue weighted by Crippen LogP contribution is 2.29. The molecule has 0 spiro atoms. The van der Waals surface area contributed by atoms with Crippen LogP contribution in [-0.2, 0) is 4.74 Å². The molecular formula is C18H15N3O3S. The molecule has 0 amide bonds. The number of anilines is 1. The largest absolute Gasteiger partial charge is 0.464 e. The van der Waals surface area contributed by atoms with Crippen LogP contribution in [0.5, 0.6) is 0 Å². The fourth-order valence-corrected chi connectivity index (χ4v) is 3.31. The van der Waals surface area contributed by atoms with Crippen molar-refractivity contribution in [3.8, 4) is 11.8 Å². The van der Waals surface area contributed by atoms with Crippen molar-refractivity contribution >= 4 is 23.0 Å². The molecule has 0 aliphatic heterocycles. The van der Waals surface area contributed by atoms with Gasteiger partial charge in [-0.2, -0.15) is 5.26 Å². The number of esters is 1. The molecule has 25 heavy (non-hydrogen) atoms. The van der Waals surface area contributed by atoms with Crippen molar-refractivity contribution in [2.45, 2.75) is 6.10 Å². The van der Waals surface area contributed by atoms with Crippen molar-refractivity contribution in [3.05, 3.63) is 69.7 Å². The molecule has 1 atom stereocenters. The van der Waals surface area contributed by atoms with Gasteiger partial charge in [-0.15, -0.1) is 11.3 Å². The molecule has 0 saturated carbocycles. The van der Waals surface area contributed by atoms with Crippen LogP contribution in [0.25, 0.3) is 5.69 Å². The highest BCUT2D eigenvalue weighted by molar-refractivity contribution is 7.10. The molecule has 0 aliphatic carbocycles. The van der Waals surface area contributed by atoms with Crippen molar-refractivity contribution in [2.24, 2.45) is 0 Å². The Morgan fingerprint density at radius 1 is 1.40 bits per heavy atom. The van der Waals surface area contributed by atoms with E-state index >= 15 is 0 Å². The third-order valence-corrected chi connectivity index (χ3v) is 4.75. The number of carbonyl (C=O) groups excluding carboxylic acids is 1. The second-order valence-electron chi connectivity index (χ2n) is 5.29. The molecule has 2 aromatic heterocycles. The Kier molecular flexibility index (Phi) is 4.57. The van der Waals surface area contributed by atoms with Gasteiger partial charge in [0.15, 0.2) is 5.69 Å². The van der Waals surface area contributed by atoms with E-state index < -0.39 is 12.1 Å². The first-order chi connectivity index (χ1) is 12.1. The lowest BCUT2D eigenvalue weighted by molar-refractivity contribution is 0.0593. The molecule has 1 aromatic carbocycles. The van der Waals surface area contributed by atoms with Crippen LogP contribution >= 0.6 is 11.3 Å². The summed E-state index contributed by atoms with van der Waals surface area (Å²) in [6, 6.07) is 12.8. The quantitative estimate of drug-likeness (QED) is 0.702. The van der Waals surface area contributed by atoms with Crippen LogP contribution in [0, 0.1) is 11.3 Å². The number of aliphatic hydroxyl groups excluding tert-OH is 1. The van der Waals surface area contributed by atoms with E-state index in [1.54, 1.807) is 24.3 Å². The second-order valence-corrected chi connectivity index (χ2v) is 6.27. The number of carbonyl (C=O) groups is 1. The van der Waals surface area contributed by atoms with Gasteiger partial charge < -0.3 is 20.1 Å². The van der Waals surface area contributed by atoms with Gasteiger partial charge in [-0.05, 0) is 29.1 Å². The molecule has 0 bridgehead atoms. The van der Waals surface area contributed by atoms with Gasteiger partial charge in [0.1, 0.15) is 12.2 Å². The summed E-state index contributed by atoms with van der Waals surface area (Å²) >= 11 is 1.46. The third-order valence-electron chi connectivity index (χ3n) is 3.82. The van der Waals surface area contributed by atoms with Crippen LogP contribution in [0.15, 0.2) is 48.0 Å². The van der Waals surface area contributed by atoms with Gasteiger partial charge >= 0.3 is 5.97 Å². The van der Waals surface area contributed by atoms with Gasteiger partial charge in [0, 0.05) is 16.8 Å². The molecule has 0 radical (unpaired) electrons. The molecule has 3 rings (SSSR count).